The van der Waals surface area contributed by atoms with E-state index in [1.165, 1.54) is 6.20 Å². The molecule has 1 N–H and O–H groups in total. The van der Waals surface area contributed by atoms with E-state index in [4.69, 9.17) is 11.6 Å². The Labute approximate surface area is 129 Å². The Morgan fingerprint density at radius 1 is 1.43 bits per heavy atom. The molecule has 1 aliphatic heterocycles. The van der Waals surface area contributed by atoms with Gasteiger partial charge in [-0.1, -0.05) is 11.6 Å². The van der Waals surface area contributed by atoms with Crippen LogP contribution < -0.4 is 5.32 Å². The van der Waals surface area contributed by atoms with E-state index in [0.29, 0.717) is 43.1 Å². The molecule has 1 saturated heterocycles. The predicted molar refractivity (Wildman–Crippen MR) is 81.3 cm³/mol. The summed E-state index contributed by atoms with van der Waals surface area (Å²) in [7, 11) is 0. The fourth-order valence-electron chi connectivity index (χ4n) is 2.52. The van der Waals surface area contributed by atoms with Gasteiger partial charge in [0.25, 0.3) is 5.91 Å². The fourth-order valence-corrected chi connectivity index (χ4v) is 2.81. The standard InChI is InChI=1S/C15H20ClN3O2/c1-3-17-14(20)11-4-6-19(7-5-11)15(21)12-9-18-10(2)8-13(12)16/h8-9,11H,3-7H2,1-2H3,(H,17,20). The number of amides is 2. The summed E-state index contributed by atoms with van der Waals surface area (Å²) in [6, 6.07) is 1.69. The Bertz CT molecular complexity index is 540. The first-order valence-electron chi connectivity index (χ1n) is 7.22. The van der Waals surface area contributed by atoms with Gasteiger partial charge in [0, 0.05) is 37.4 Å². The average Bonchev–Trinajstić information content (AvgIpc) is 2.47. The molecular formula is C15H20ClN3O2. The number of aromatic nitrogens is 1. The fraction of sp³-hybridized carbons (Fsp3) is 0.533. The van der Waals surface area contributed by atoms with Crippen molar-refractivity contribution >= 4 is 23.4 Å². The smallest absolute Gasteiger partial charge is 0.256 e. The maximum atomic E-state index is 12.4. The van der Waals surface area contributed by atoms with Crippen LogP contribution in [-0.4, -0.2) is 41.3 Å². The van der Waals surface area contributed by atoms with Gasteiger partial charge in [-0.15, -0.1) is 0 Å². The van der Waals surface area contributed by atoms with Gasteiger partial charge in [0.15, 0.2) is 0 Å². The van der Waals surface area contributed by atoms with Gasteiger partial charge in [-0.25, -0.2) is 0 Å². The molecule has 21 heavy (non-hydrogen) atoms. The molecule has 1 fully saturated rings. The molecule has 0 radical (unpaired) electrons. The Balaban J connectivity index is 1.98. The van der Waals surface area contributed by atoms with Crippen molar-refractivity contribution in [3.63, 3.8) is 0 Å². The minimum atomic E-state index is -0.109. The number of hydrogen-bond acceptors (Lipinski definition) is 3. The lowest BCUT2D eigenvalue weighted by Crippen LogP contribution is -2.43. The van der Waals surface area contributed by atoms with E-state index in [2.05, 4.69) is 10.3 Å². The van der Waals surface area contributed by atoms with Crippen LogP contribution in [0.15, 0.2) is 12.3 Å². The molecule has 0 bridgehead atoms. The first-order chi connectivity index (χ1) is 10.0. The lowest BCUT2D eigenvalue weighted by Gasteiger charge is -2.31. The molecule has 1 aromatic heterocycles. The van der Waals surface area contributed by atoms with Gasteiger partial charge in [-0.05, 0) is 32.8 Å². The molecule has 1 aromatic rings. The number of piperidine rings is 1. The van der Waals surface area contributed by atoms with Crippen LogP contribution in [0.4, 0.5) is 0 Å². The SMILES string of the molecule is CCNC(=O)C1CCN(C(=O)c2cnc(C)cc2Cl)CC1. The summed E-state index contributed by atoms with van der Waals surface area (Å²) in [6.07, 6.45) is 2.90. The van der Waals surface area contributed by atoms with E-state index in [0.717, 1.165) is 5.69 Å². The zero-order chi connectivity index (χ0) is 15.4. The van der Waals surface area contributed by atoms with Crippen LogP contribution in [0.3, 0.4) is 0 Å². The van der Waals surface area contributed by atoms with Gasteiger partial charge in [0.1, 0.15) is 0 Å². The summed E-state index contributed by atoms with van der Waals surface area (Å²) in [5, 5.41) is 3.26. The first kappa shape index (κ1) is 15.8. The number of rotatable bonds is 3. The molecule has 2 heterocycles. The first-order valence-corrected chi connectivity index (χ1v) is 7.59. The number of nitrogens with one attached hydrogen (secondary N) is 1. The summed E-state index contributed by atoms with van der Waals surface area (Å²) in [4.78, 5) is 30.1. The molecule has 5 nitrogen and oxygen atoms in total. The molecule has 0 atom stereocenters. The van der Waals surface area contributed by atoms with E-state index in [1.807, 2.05) is 13.8 Å². The summed E-state index contributed by atoms with van der Waals surface area (Å²) in [5.41, 5.74) is 1.21. The highest BCUT2D eigenvalue weighted by Crippen LogP contribution is 2.22. The second-order valence-corrected chi connectivity index (χ2v) is 5.67. The number of aryl methyl sites for hydroxylation is 1. The van der Waals surface area contributed by atoms with Gasteiger partial charge in [0.05, 0.1) is 10.6 Å². The van der Waals surface area contributed by atoms with Gasteiger partial charge < -0.3 is 10.2 Å². The van der Waals surface area contributed by atoms with E-state index in [1.54, 1.807) is 11.0 Å². The van der Waals surface area contributed by atoms with Crippen LogP contribution in [0.2, 0.25) is 5.02 Å². The van der Waals surface area contributed by atoms with Gasteiger partial charge in [-0.2, -0.15) is 0 Å². The van der Waals surface area contributed by atoms with Crippen molar-refractivity contribution in [2.45, 2.75) is 26.7 Å². The Morgan fingerprint density at radius 2 is 2.10 bits per heavy atom. The summed E-state index contributed by atoms with van der Waals surface area (Å²) in [6.45, 7) is 5.53. The van der Waals surface area contributed by atoms with Crippen molar-refractivity contribution in [1.29, 1.82) is 0 Å². The van der Waals surface area contributed by atoms with E-state index in [-0.39, 0.29) is 17.7 Å². The minimum absolute atomic E-state index is 0.000569. The van der Waals surface area contributed by atoms with Gasteiger partial charge in [0.2, 0.25) is 5.91 Å². The largest absolute Gasteiger partial charge is 0.356 e. The number of hydrogen-bond donors (Lipinski definition) is 1. The van der Waals surface area contributed by atoms with E-state index < -0.39 is 0 Å². The molecule has 0 unspecified atom stereocenters. The quantitative estimate of drug-likeness (QED) is 0.929. The summed E-state index contributed by atoms with van der Waals surface area (Å²) < 4.78 is 0. The third-order valence-electron chi connectivity index (χ3n) is 3.72. The lowest BCUT2D eigenvalue weighted by atomic mass is 9.95. The summed E-state index contributed by atoms with van der Waals surface area (Å²) in [5.74, 6) is -0.0258. The third-order valence-corrected chi connectivity index (χ3v) is 4.04. The number of pyridine rings is 1. The molecule has 1 aliphatic rings. The van der Waals surface area contributed by atoms with Crippen molar-refractivity contribution in [3.05, 3.63) is 28.5 Å². The van der Waals surface area contributed by atoms with E-state index >= 15 is 0 Å². The Hall–Kier alpha value is -1.62. The molecular weight excluding hydrogens is 290 g/mol. The molecule has 2 amide bonds. The van der Waals surface area contributed by atoms with Crippen LogP contribution in [0.1, 0.15) is 35.8 Å². The second kappa shape index (κ2) is 6.89. The van der Waals surface area contributed by atoms with Crippen molar-refractivity contribution in [3.8, 4) is 0 Å². The number of nitrogens with zero attached hydrogens (tertiary/aromatic N) is 2. The third kappa shape index (κ3) is 3.73. The van der Waals surface area contributed by atoms with Crippen molar-refractivity contribution < 1.29 is 9.59 Å². The number of carbonyl (C=O) groups is 2. The molecule has 0 aliphatic carbocycles. The number of likely N-dealkylation sites (tertiary alicyclic amines) is 1. The second-order valence-electron chi connectivity index (χ2n) is 5.27. The highest BCUT2D eigenvalue weighted by atomic mass is 35.5. The Morgan fingerprint density at radius 3 is 2.67 bits per heavy atom. The van der Waals surface area contributed by atoms with Crippen LogP contribution in [0.5, 0.6) is 0 Å². The van der Waals surface area contributed by atoms with Crippen molar-refractivity contribution in [1.82, 2.24) is 15.2 Å². The normalized spacial score (nSPS) is 15.9. The van der Waals surface area contributed by atoms with Crippen LogP contribution in [0.25, 0.3) is 0 Å². The number of halogens is 1. The zero-order valence-electron chi connectivity index (χ0n) is 12.4. The molecule has 0 saturated carbocycles. The topological polar surface area (TPSA) is 62.3 Å². The predicted octanol–water partition coefficient (Wildman–Crippen LogP) is 2.03. The highest BCUT2D eigenvalue weighted by molar-refractivity contribution is 6.33. The average molecular weight is 310 g/mol. The van der Waals surface area contributed by atoms with Crippen LogP contribution >= 0.6 is 11.6 Å². The molecule has 2 rings (SSSR count). The van der Waals surface area contributed by atoms with E-state index in [9.17, 15) is 9.59 Å². The van der Waals surface area contributed by atoms with Crippen molar-refractivity contribution in [2.24, 2.45) is 5.92 Å². The van der Waals surface area contributed by atoms with Gasteiger partial charge >= 0.3 is 0 Å². The number of carbonyl (C=O) groups excluding carboxylic acids is 2. The van der Waals surface area contributed by atoms with Crippen molar-refractivity contribution in [2.75, 3.05) is 19.6 Å². The van der Waals surface area contributed by atoms with Crippen LogP contribution in [0, 0.1) is 12.8 Å². The maximum Gasteiger partial charge on any atom is 0.256 e. The zero-order valence-corrected chi connectivity index (χ0v) is 13.1. The molecule has 114 valence electrons. The summed E-state index contributed by atoms with van der Waals surface area (Å²) >= 11 is 6.11. The van der Waals surface area contributed by atoms with Crippen LogP contribution in [-0.2, 0) is 4.79 Å². The molecule has 6 heteroatoms. The Kier molecular flexibility index (Phi) is 5.17. The molecule has 0 aromatic carbocycles. The maximum absolute atomic E-state index is 12.4. The highest BCUT2D eigenvalue weighted by Gasteiger charge is 2.28. The lowest BCUT2D eigenvalue weighted by molar-refractivity contribution is -0.126. The monoisotopic (exact) mass is 309 g/mol. The molecule has 0 spiro atoms. The minimum Gasteiger partial charge on any atom is -0.356 e. The van der Waals surface area contributed by atoms with Gasteiger partial charge in [-0.3, -0.25) is 14.6 Å².